The second-order valence-corrected chi connectivity index (χ2v) is 8.72. The molecule has 8 heteroatoms. The molecule has 3 rings (SSSR count). The summed E-state index contributed by atoms with van der Waals surface area (Å²) >= 11 is 0.777. The maximum Gasteiger partial charge on any atom is 0.328 e. The van der Waals surface area contributed by atoms with E-state index >= 15 is 0 Å². The zero-order valence-corrected chi connectivity index (χ0v) is 20.4. The van der Waals surface area contributed by atoms with E-state index in [0.717, 1.165) is 27.8 Å². The first-order chi connectivity index (χ1) is 16.3. The van der Waals surface area contributed by atoms with Crippen molar-refractivity contribution in [1.29, 1.82) is 0 Å². The van der Waals surface area contributed by atoms with Crippen molar-refractivity contribution < 1.29 is 28.6 Å². The summed E-state index contributed by atoms with van der Waals surface area (Å²) in [5.74, 6) is -0.113. The van der Waals surface area contributed by atoms with Gasteiger partial charge < -0.3 is 14.2 Å². The van der Waals surface area contributed by atoms with Gasteiger partial charge in [0.2, 0.25) is 0 Å². The minimum atomic E-state index is -1.01. The van der Waals surface area contributed by atoms with Gasteiger partial charge in [-0.05, 0) is 61.4 Å². The molecule has 1 saturated heterocycles. The van der Waals surface area contributed by atoms with Crippen LogP contribution in [-0.4, -0.2) is 42.3 Å². The fourth-order valence-corrected chi connectivity index (χ4v) is 4.38. The van der Waals surface area contributed by atoms with Crippen LogP contribution in [0.5, 0.6) is 11.5 Å². The van der Waals surface area contributed by atoms with Crippen LogP contribution in [0.15, 0.2) is 54.0 Å². The summed E-state index contributed by atoms with van der Waals surface area (Å²) in [5.41, 5.74) is 3.68. The molecule has 0 unspecified atom stereocenters. The van der Waals surface area contributed by atoms with Gasteiger partial charge in [0.05, 0.1) is 19.1 Å². The van der Waals surface area contributed by atoms with Crippen molar-refractivity contribution in [3.8, 4) is 11.5 Å². The Balaban J connectivity index is 1.91. The van der Waals surface area contributed by atoms with Gasteiger partial charge >= 0.3 is 5.97 Å². The van der Waals surface area contributed by atoms with E-state index in [2.05, 4.69) is 11.3 Å². The molecule has 178 valence electrons. The Hall–Kier alpha value is -3.52. The Labute approximate surface area is 203 Å². The van der Waals surface area contributed by atoms with Crippen LogP contribution in [-0.2, 0) is 27.4 Å². The number of carbonyl (C=O) groups is 3. The topological polar surface area (TPSA) is 82.1 Å². The SMILES string of the molecule is C=CCc1cc(/C=C2/SC(=O)N([C@@H](C)C(=O)OC)C2=O)cc(OC)c1OCc1ccc(C)cc1. The van der Waals surface area contributed by atoms with E-state index in [1.807, 2.05) is 37.3 Å². The second-order valence-electron chi connectivity index (χ2n) is 7.73. The lowest BCUT2D eigenvalue weighted by molar-refractivity contribution is -0.148. The molecule has 1 fully saturated rings. The summed E-state index contributed by atoms with van der Waals surface area (Å²) < 4.78 is 16.4. The maximum atomic E-state index is 12.8. The van der Waals surface area contributed by atoms with E-state index in [0.29, 0.717) is 30.1 Å². The largest absolute Gasteiger partial charge is 0.493 e. The van der Waals surface area contributed by atoms with Crippen molar-refractivity contribution >= 4 is 35.0 Å². The zero-order valence-electron chi connectivity index (χ0n) is 19.6. The first-order valence-electron chi connectivity index (χ1n) is 10.6. The first kappa shape index (κ1) is 25.1. The smallest absolute Gasteiger partial charge is 0.328 e. The number of benzene rings is 2. The van der Waals surface area contributed by atoms with Crippen LogP contribution >= 0.6 is 11.8 Å². The number of esters is 1. The number of nitrogens with zero attached hydrogens (tertiary/aromatic N) is 1. The molecule has 0 spiro atoms. The highest BCUT2D eigenvalue weighted by atomic mass is 32.2. The van der Waals surface area contributed by atoms with Crippen LogP contribution in [0.2, 0.25) is 0 Å². The van der Waals surface area contributed by atoms with Crippen molar-refractivity contribution in [1.82, 2.24) is 4.90 Å². The van der Waals surface area contributed by atoms with Crippen molar-refractivity contribution in [2.45, 2.75) is 32.9 Å². The number of imide groups is 1. The van der Waals surface area contributed by atoms with Gasteiger partial charge in [-0.3, -0.25) is 14.5 Å². The first-order valence-corrected chi connectivity index (χ1v) is 11.5. The Morgan fingerprint density at radius 1 is 1.18 bits per heavy atom. The zero-order chi connectivity index (χ0) is 24.8. The van der Waals surface area contributed by atoms with Crippen LogP contribution in [0.4, 0.5) is 4.79 Å². The lowest BCUT2D eigenvalue weighted by atomic mass is 10.0. The van der Waals surface area contributed by atoms with Gasteiger partial charge in [-0.15, -0.1) is 6.58 Å². The molecule has 1 heterocycles. The third-order valence-electron chi connectivity index (χ3n) is 5.29. The molecule has 2 aromatic carbocycles. The van der Waals surface area contributed by atoms with Crippen LogP contribution in [0, 0.1) is 6.92 Å². The number of hydrogen-bond acceptors (Lipinski definition) is 7. The third kappa shape index (κ3) is 5.51. The fourth-order valence-electron chi connectivity index (χ4n) is 3.47. The third-order valence-corrected chi connectivity index (χ3v) is 6.18. The van der Waals surface area contributed by atoms with Gasteiger partial charge in [0, 0.05) is 5.56 Å². The lowest BCUT2D eigenvalue weighted by Crippen LogP contribution is -2.42. The van der Waals surface area contributed by atoms with Gasteiger partial charge in [-0.1, -0.05) is 35.9 Å². The minimum Gasteiger partial charge on any atom is -0.493 e. The van der Waals surface area contributed by atoms with Gasteiger partial charge in [0.1, 0.15) is 12.6 Å². The number of hydrogen-bond donors (Lipinski definition) is 0. The monoisotopic (exact) mass is 481 g/mol. The maximum absolute atomic E-state index is 12.8. The predicted octanol–water partition coefficient (Wildman–Crippen LogP) is 4.91. The second kappa shape index (κ2) is 11.1. The lowest BCUT2D eigenvalue weighted by Gasteiger charge is -2.18. The molecule has 2 aromatic rings. The summed E-state index contributed by atoms with van der Waals surface area (Å²) in [4.78, 5) is 38.2. The van der Waals surface area contributed by atoms with E-state index in [1.54, 1.807) is 25.3 Å². The number of ether oxygens (including phenoxy) is 3. The van der Waals surface area contributed by atoms with Crippen LogP contribution in [0.1, 0.15) is 29.2 Å². The molecule has 0 saturated carbocycles. The van der Waals surface area contributed by atoms with Gasteiger partial charge in [0.15, 0.2) is 11.5 Å². The van der Waals surface area contributed by atoms with Crippen LogP contribution in [0.25, 0.3) is 6.08 Å². The van der Waals surface area contributed by atoms with E-state index < -0.39 is 23.2 Å². The normalized spacial score (nSPS) is 15.4. The van der Waals surface area contributed by atoms with E-state index in [4.69, 9.17) is 9.47 Å². The van der Waals surface area contributed by atoms with E-state index in [-0.39, 0.29) is 4.91 Å². The Bertz CT molecular complexity index is 1140. The summed E-state index contributed by atoms with van der Waals surface area (Å²) in [6.07, 6.45) is 3.87. The number of aryl methyl sites for hydroxylation is 1. The van der Waals surface area contributed by atoms with Gasteiger partial charge in [-0.2, -0.15) is 0 Å². The minimum absolute atomic E-state index is 0.209. The summed E-state index contributed by atoms with van der Waals surface area (Å²) in [7, 11) is 2.76. The van der Waals surface area contributed by atoms with E-state index in [9.17, 15) is 14.4 Å². The highest BCUT2D eigenvalue weighted by Gasteiger charge is 2.41. The summed E-state index contributed by atoms with van der Waals surface area (Å²) in [5, 5.41) is -0.523. The average Bonchev–Trinajstić information content (AvgIpc) is 3.10. The van der Waals surface area contributed by atoms with Crippen molar-refractivity contribution in [2.24, 2.45) is 0 Å². The molecule has 1 aliphatic rings. The molecule has 0 radical (unpaired) electrons. The molecular formula is C26H27NO6S. The summed E-state index contributed by atoms with van der Waals surface area (Å²) in [6, 6.07) is 10.7. The molecule has 0 aliphatic carbocycles. The predicted molar refractivity (Wildman–Crippen MR) is 132 cm³/mol. The molecule has 2 amide bonds. The average molecular weight is 482 g/mol. The molecule has 7 nitrogen and oxygen atoms in total. The number of thioether (sulfide) groups is 1. The number of amides is 2. The highest BCUT2D eigenvalue weighted by Crippen LogP contribution is 2.38. The van der Waals surface area contributed by atoms with Crippen LogP contribution in [0.3, 0.4) is 0 Å². The van der Waals surface area contributed by atoms with E-state index in [1.165, 1.54) is 19.6 Å². The molecule has 0 aromatic heterocycles. The Kier molecular flexibility index (Phi) is 8.17. The van der Waals surface area contributed by atoms with Crippen molar-refractivity contribution in [3.63, 3.8) is 0 Å². The molecule has 1 atom stereocenters. The highest BCUT2D eigenvalue weighted by molar-refractivity contribution is 8.18. The molecule has 0 N–H and O–H groups in total. The number of allylic oxidation sites excluding steroid dienone is 1. The number of carbonyl (C=O) groups excluding carboxylic acids is 3. The van der Waals surface area contributed by atoms with Crippen LogP contribution < -0.4 is 9.47 Å². The van der Waals surface area contributed by atoms with Crippen molar-refractivity contribution in [2.75, 3.05) is 14.2 Å². The summed E-state index contributed by atoms with van der Waals surface area (Å²) in [6.45, 7) is 7.67. The quantitative estimate of drug-likeness (QED) is 0.286. The fraction of sp³-hybridized carbons (Fsp3) is 0.269. The molecule has 0 bridgehead atoms. The molecular weight excluding hydrogens is 454 g/mol. The standard InChI is InChI=1S/C26H27NO6S/c1-6-7-20-12-19(14-22-24(28)27(26(30)34-22)17(3)25(29)32-5)13-21(31-4)23(20)33-15-18-10-8-16(2)9-11-18/h6,8-14,17H,1,7,15H2,2-5H3/b22-14+/t17-/m0/s1. The van der Waals surface area contributed by atoms with Gasteiger partial charge in [-0.25, -0.2) is 4.79 Å². The Morgan fingerprint density at radius 2 is 1.88 bits per heavy atom. The number of rotatable bonds is 9. The van der Waals surface area contributed by atoms with Crippen molar-refractivity contribution in [3.05, 3.63) is 76.2 Å². The Morgan fingerprint density at radius 3 is 2.50 bits per heavy atom. The molecule has 1 aliphatic heterocycles. The number of methoxy groups -OCH3 is 2. The van der Waals surface area contributed by atoms with Gasteiger partial charge in [0.25, 0.3) is 11.1 Å². The molecule has 34 heavy (non-hydrogen) atoms.